The average Bonchev–Trinajstić information content (AvgIpc) is 3.37. The summed E-state index contributed by atoms with van der Waals surface area (Å²) in [4.78, 5) is 13.2. The van der Waals surface area contributed by atoms with Crippen molar-refractivity contribution < 1.29 is 89.4 Å². The van der Waals surface area contributed by atoms with E-state index in [4.69, 9.17) is 28.4 Å². The van der Waals surface area contributed by atoms with Gasteiger partial charge in [0, 0.05) is 6.42 Å². The highest BCUT2D eigenvalue weighted by Gasteiger charge is 2.53. The van der Waals surface area contributed by atoms with E-state index < -0.39 is 124 Å². The molecule has 0 bridgehead atoms. The van der Waals surface area contributed by atoms with Crippen molar-refractivity contribution in [2.75, 3.05) is 26.4 Å². The molecule has 3 aliphatic heterocycles. The summed E-state index contributed by atoms with van der Waals surface area (Å²) in [6.45, 7) is 1.60. The molecule has 3 heterocycles. The van der Waals surface area contributed by atoms with Gasteiger partial charge in [0.15, 0.2) is 18.9 Å². The molecule has 3 aliphatic rings. The fourth-order valence-corrected chi connectivity index (χ4v) is 8.80. The zero-order chi connectivity index (χ0) is 52.7. The third-order valence-corrected chi connectivity index (χ3v) is 13.3. The van der Waals surface area contributed by atoms with Crippen molar-refractivity contribution >= 4 is 5.91 Å². The number of amides is 1. The summed E-state index contributed by atoms with van der Waals surface area (Å²) >= 11 is 0. The maximum absolute atomic E-state index is 13.2. The van der Waals surface area contributed by atoms with Crippen LogP contribution in [0.4, 0.5) is 0 Å². The summed E-state index contributed by atoms with van der Waals surface area (Å²) in [5.41, 5.74) is 0. The lowest BCUT2D eigenvalue weighted by atomic mass is 9.96. The molecule has 0 spiro atoms. The fraction of sp³-hybridized carbons (Fsp3) is 0.830. The highest BCUT2D eigenvalue weighted by molar-refractivity contribution is 5.76. The number of hydrogen-bond acceptors (Lipinski definition) is 18. The normalized spacial score (nSPS) is 32.4. The van der Waals surface area contributed by atoms with Crippen LogP contribution in [-0.2, 0) is 33.2 Å². The molecule has 418 valence electrons. The molecule has 72 heavy (non-hydrogen) atoms. The summed E-state index contributed by atoms with van der Waals surface area (Å²) in [6, 6.07) is -0.998. The second-order valence-corrected chi connectivity index (χ2v) is 19.3. The SMILES string of the molecule is CCCCCC/C=C\CCCCCCCC(=O)NC(COC1OC(CO)C(OC2OC(CO)C(OC3OC(CO)C(O)C(O)C3O)C(O)C2O)C(O)C1O)C(O)/C=C/CC/C=C/CC/C=C/CCCCCC. The van der Waals surface area contributed by atoms with Crippen molar-refractivity contribution in [1.29, 1.82) is 0 Å². The molecule has 0 aliphatic carbocycles. The maximum atomic E-state index is 13.2. The lowest BCUT2D eigenvalue weighted by molar-refractivity contribution is -0.379. The molecule has 3 fully saturated rings. The molecule has 3 rings (SSSR count). The van der Waals surface area contributed by atoms with E-state index in [9.17, 15) is 61.0 Å². The quantitative estimate of drug-likeness (QED) is 0.0315. The summed E-state index contributed by atoms with van der Waals surface area (Å²) in [6.07, 6.45) is 11.1. The topological polar surface area (TPSA) is 307 Å². The van der Waals surface area contributed by atoms with E-state index in [0.29, 0.717) is 12.8 Å². The van der Waals surface area contributed by atoms with Crippen molar-refractivity contribution in [1.82, 2.24) is 5.32 Å². The Bertz CT molecular complexity index is 1520. The molecule has 17 atom stereocenters. The highest BCUT2D eigenvalue weighted by Crippen LogP contribution is 2.33. The fourth-order valence-electron chi connectivity index (χ4n) is 8.80. The minimum Gasteiger partial charge on any atom is -0.394 e. The van der Waals surface area contributed by atoms with Gasteiger partial charge in [-0.25, -0.2) is 0 Å². The minimum absolute atomic E-state index is 0.220. The van der Waals surface area contributed by atoms with Gasteiger partial charge in [0.05, 0.1) is 38.6 Å². The number of allylic oxidation sites excluding steroid dienone is 7. The second-order valence-electron chi connectivity index (χ2n) is 19.3. The number of hydrogen-bond donors (Lipinski definition) is 12. The Morgan fingerprint density at radius 1 is 0.486 bits per heavy atom. The number of carbonyl (C=O) groups is 1. The molecule has 17 unspecified atom stereocenters. The Morgan fingerprint density at radius 3 is 1.39 bits per heavy atom. The summed E-state index contributed by atoms with van der Waals surface area (Å²) < 4.78 is 34.1. The van der Waals surface area contributed by atoms with Crippen LogP contribution in [0.15, 0.2) is 48.6 Å². The Balaban J connectivity index is 1.57. The third-order valence-electron chi connectivity index (χ3n) is 13.3. The molecule has 0 aromatic rings. The van der Waals surface area contributed by atoms with E-state index in [2.05, 4.69) is 55.6 Å². The van der Waals surface area contributed by atoms with Crippen molar-refractivity contribution in [3.63, 3.8) is 0 Å². The standard InChI is InChI=1S/C53H93NO18/c1-3-5-7-9-11-13-15-17-19-20-22-24-26-28-30-37(58)36(54-41(59)31-29-27-25-23-21-18-16-14-12-10-8-6-4-2)35-67-51-47(65)44(62)49(39(33-56)69-51)72-53-48(66)45(63)50(40(34-57)70-53)71-52-46(64)43(61)42(60)38(32-55)68-52/h13-16,20,22,28,30,36-40,42-53,55-58,60-66H,3-12,17-19,21,23-27,29,31-35H2,1-2H3,(H,54,59)/b15-13+,16-14-,22-20+,30-28+. The van der Waals surface area contributed by atoms with Crippen LogP contribution in [0, 0.1) is 0 Å². The van der Waals surface area contributed by atoms with Crippen LogP contribution in [-0.4, -0.2) is 193 Å². The number of aliphatic hydroxyl groups is 11. The number of unbranched alkanes of at least 4 members (excludes halogenated alkanes) is 15. The Hall–Kier alpha value is -2.25. The zero-order valence-electron chi connectivity index (χ0n) is 42.9. The Morgan fingerprint density at radius 2 is 0.889 bits per heavy atom. The van der Waals surface area contributed by atoms with Crippen LogP contribution in [0.5, 0.6) is 0 Å². The van der Waals surface area contributed by atoms with Gasteiger partial charge in [0.1, 0.15) is 73.2 Å². The van der Waals surface area contributed by atoms with E-state index in [1.807, 2.05) is 6.08 Å². The highest BCUT2D eigenvalue weighted by atomic mass is 16.8. The molecule has 0 radical (unpaired) electrons. The van der Waals surface area contributed by atoms with Gasteiger partial charge < -0.3 is 89.9 Å². The zero-order valence-corrected chi connectivity index (χ0v) is 42.9. The summed E-state index contributed by atoms with van der Waals surface area (Å²) in [5, 5.41) is 120. The van der Waals surface area contributed by atoms with E-state index in [-0.39, 0.29) is 18.9 Å². The average molecular weight is 1030 g/mol. The molecule has 12 N–H and O–H groups in total. The lowest BCUT2D eigenvalue weighted by Gasteiger charge is -2.48. The van der Waals surface area contributed by atoms with E-state index >= 15 is 0 Å². The summed E-state index contributed by atoms with van der Waals surface area (Å²) in [7, 11) is 0. The van der Waals surface area contributed by atoms with Gasteiger partial charge in [-0.1, -0.05) is 120 Å². The predicted octanol–water partition coefficient (Wildman–Crippen LogP) is 2.75. The van der Waals surface area contributed by atoms with Gasteiger partial charge in [-0.15, -0.1) is 0 Å². The first-order valence-electron chi connectivity index (χ1n) is 26.9. The molecule has 1 amide bonds. The molecule has 0 aromatic heterocycles. The number of rotatable bonds is 37. The van der Waals surface area contributed by atoms with Crippen LogP contribution in [0.25, 0.3) is 0 Å². The maximum Gasteiger partial charge on any atom is 0.220 e. The Kier molecular flexibility index (Phi) is 33.3. The summed E-state index contributed by atoms with van der Waals surface area (Å²) in [5.74, 6) is -0.304. The molecular weight excluding hydrogens is 939 g/mol. The van der Waals surface area contributed by atoms with Crippen LogP contribution in [0.3, 0.4) is 0 Å². The van der Waals surface area contributed by atoms with Gasteiger partial charge in [-0.05, 0) is 70.6 Å². The third kappa shape index (κ3) is 22.5. The van der Waals surface area contributed by atoms with Gasteiger partial charge in [0.25, 0.3) is 0 Å². The van der Waals surface area contributed by atoms with E-state index in [1.54, 1.807) is 6.08 Å². The van der Waals surface area contributed by atoms with Crippen LogP contribution in [0.2, 0.25) is 0 Å². The largest absolute Gasteiger partial charge is 0.394 e. The van der Waals surface area contributed by atoms with E-state index in [1.165, 1.54) is 51.4 Å². The number of carbonyl (C=O) groups excluding carboxylic acids is 1. The van der Waals surface area contributed by atoms with Gasteiger partial charge in [-0.2, -0.15) is 0 Å². The van der Waals surface area contributed by atoms with Crippen molar-refractivity contribution in [2.45, 2.75) is 253 Å². The van der Waals surface area contributed by atoms with Crippen LogP contribution < -0.4 is 5.32 Å². The van der Waals surface area contributed by atoms with Crippen LogP contribution in [0.1, 0.15) is 149 Å². The van der Waals surface area contributed by atoms with Gasteiger partial charge in [0.2, 0.25) is 5.91 Å². The van der Waals surface area contributed by atoms with Crippen LogP contribution >= 0.6 is 0 Å². The van der Waals surface area contributed by atoms with Gasteiger partial charge >= 0.3 is 0 Å². The molecule has 0 saturated carbocycles. The van der Waals surface area contributed by atoms with Crippen molar-refractivity contribution in [2.24, 2.45) is 0 Å². The molecule has 19 nitrogen and oxygen atoms in total. The number of nitrogens with one attached hydrogen (secondary N) is 1. The first-order chi connectivity index (χ1) is 34.8. The number of ether oxygens (including phenoxy) is 6. The first kappa shape index (κ1) is 64.0. The monoisotopic (exact) mass is 1030 g/mol. The Labute approximate surface area is 427 Å². The molecular formula is C53H93NO18. The predicted molar refractivity (Wildman–Crippen MR) is 268 cm³/mol. The van der Waals surface area contributed by atoms with Crippen molar-refractivity contribution in [3.05, 3.63) is 48.6 Å². The molecule has 19 heteroatoms. The first-order valence-corrected chi connectivity index (χ1v) is 26.9. The smallest absolute Gasteiger partial charge is 0.220 e. The second kappa shape index (κ2) is 37.5. The lowest BCUT2D eigenvalue weighted by Crippen LogP contribution is -2.66. The van der Waals surface area contributed by atoms with Crippen molar-refractivity contribution in [3.8, 4) is 0 Å². The molecule has 3 saturated heterocycles. The van der Waals surface area contributed by atoms with E-state index in [0.717, 1.165) is 64.2 Å². The number of aliphatic hydroxyl groups excluding tert-OH is 11. The van der Waals surface area contributed by atoms with Gasteiger partial charge in [-0.3, -0.25) is 4.79 Å². The molecule has 0 aromatic carbocycles. The minimum atomic E-state index is -1.98.